The largest absolute Gasteiger partial charge is 0.466 e. The van der Waals surface area contributed by atoms with E-state index in [1.54, 1.807) is 35.0 Å². The Kier molecular flexibility index (Phi) is 5.26. The van der Waals surface area contributed by atoms with Crippen molar-refractivity contribution < 1.29 is 23.9 Å². The fourth-order valence-corrected chi connectivity index (χ4v) is 3.43. The fourth-order valence-electron chi connectivity index (χ4n) is 3.43. The molecule has 1 N–H and O–H groups in total. The van der Waals surface area contributed by atoms with Gasteiger partial charge in [-0.05, 0) is 48.5 Å². The van der Waals surface area contributed by atoms with Gasteiger partial charge in [-0.15, -0.1) is 5.10 Å². The molecule has 170 valence electrons. The van der Waals surface area contributed by atoms with E-state index >= 15 is 0 Å². The van der Waals surface area contributed by atoms with E-state index in [1.807, 2.05) is 12.1 Å². The summed E-state index contributed by atoms with van der Waals surface area (Å²) in [6.45, 7) is 0.165. The number of nitrogens with one attached hydrogen (secondary N) is 1. The summed E-state index contributed by atoms with van der Waals surface area (Å²) in [5.41, 5.74) is 1.97. The highest BCUT2D eigenvalue weighted by Gasteiger charge is 2.19. The van der Waals surface area contributed by atoms with Crippen LogP contribution in [0.25, 0.3) is 17.1 Å². The zero-order valence-corrected chi connectivity index (χ0v) is 17.8. The van der Waals surface area contributed by atoms with Gasteiger partial charge in [0.1, 0.15) is 0 Å². The highest BCUT2D eigenvalue weighted by Crippen LogP contribution is 2.36. The summed E-state index contributed by atoms with van der Waals surface area (Å²) in [6, 6.07) is 18.1. The van der Waals surface area contributed by atoms with Gasteiger partial charge in [-0.2, -0.15) is 4.98 Å². The van der Waals surface area contributed by atoms with Gasteiger partial charge in [-0.25, -0.2) is 4.68 Å². The minimum Gasteiger partial charge on any atom is -0.466 e. The molecule has 0 fully saturated rings. The van der Waals surface area contributed by atoms with Crippen molar-refractivity contribution in [3.8, 4) is 34.6 Å². The lowest BCUT2D eigenvalue weighted by Crippen LogP contribution is -2.12. The van der Waals surface area contributed by atoms with Gasteiger partial charge in [-0.1, -0.05) is 6.07 Å². The maximum atomic E-state index is 12.5. The molecule has 34 heavy (non-hydrogen) atoms. The lowest BCUT2D eigenvalue weighted by Gasteiger charge is -2.09. The summed E-state index contributed by atoms with van der Waals surface area (Å²) in [6.07, 6.45) is 0. The zero-order valence-electron chi connectivity index (χ0n) is 17.8. The number of nitro benzene ring substituents is 1. The van der Waals surface area contributed by atoms with Gasteiger partial charge in [0.2, 0.25) is 6.79 Å². The van der Waals surface area contributed by atoms with Crippen LogP contribution < -0.4 is 19.5 Å². The zero-order chi connectivity index (χ0) is 23.7. The Hall–Kier alpha value is -4.93. The highest BCUT2D eigenvalue weighted by atomic mass is 16.7. The Bertz CT molecular complexity index is 1400. The Balaban J connectivity index is 1.40. The molecule has 0 radical (unpaired) electrons. The van der Waals surface area contributed by atoms with Crippen molar-refractivity contribution in [2.24, 2.45) is 0 Å². The fraction of sp³-hybridized carbons (Fsp3) is 0.0870. The van der Waals surface area contributed by atoms with Crippen LogP contribution in [0.2, 0.25) is 0 Å². The number of nitro groups is 1. The molecule has 0 aliphatic carbocycles. The van der Waals surface area contributed by atoms with Crippen LogP contribution in [0, 0.1) is 10.1 Å². The van der Waals surface area contributed by atoms with E-state index in [0.29, 0.717) is 28.7 Å². The molecule has 0 unspecified atom stereocenters. The van der Waals surface area contributed by atoms with Crippen molar-refractivity contribution in [1.29, 1.82) is 0 Å². The van der Waals surface area contributed by atoms with Crippen molar-refractivity contribution in [3.05, 3.63) is 82.4 Å². The van der Waals surface area contributed by atoms with Crippen molar-refractivity contribution >= 4 is 17.3 Å². The number of rotatable bonds is 6. The van der Waals surface area contributed by atoms with Crippen LogP contribution in [-0.4, -0.2) is 39.5 Å². The number of fused-ring (bicyclic) bond motifs is 1. The molecule has 1 aliphatic heterocycles. The van der Waals surface area contributed by atoms with Gasteiger partial charge in [0.25, 0.3) is 11.6 Å². The van der Waals surface area contributed by atoms with Crippen molar-refractivity contribution in [2.45, 2.75) is 0 Å². The van der Waals surface area contributed by atoms with Crippen LogP contribution in [0.15, 0.2) is 66.7 Å². The number of hydrogen-bond acceptors (Lipinski definition) is 8. The molecule has 1 aliphatic rings. The summed E-state index contributed by atoms with van der Waals surface area (Å²) in [5, 5.41) is 18.1. The Labute approximate surface area is 192 Å². The molecular formula is C23H17N5O6. The van der Waals surface area contributed by atoms with Crippen LogP contribution in [0.5, 0.6) is 17.5 Å². The first kappa shape index (κ1) is 20.9. The summed E-state index contributed by atoms with van der Waals surface area (Å²) < 4.78 is 17.7. The van der Waals surface area contributed by atoms with Crippen LogP contribution >= 0.6 is 0 Å². The van der Waals surface area contributed by atoms with Crippen molar-refractivity contribution in [3.63, 3.8) is 0 Å². The van der Waals surface area contributed by atoms with E-state index in [2.05, 4.69) is 15.4 Å². The van der Waals surface area contributed by atoms with E-state index in [4.69, 9.17) is 14.2 Å². The molecule has 0 atom stereocenters. The number of hydrogen-bond donors (Lipinski definition) is 1. The number of carbonyl (C=O) groups is 1. The number of amides is 1. The van der Waals surface area contributed by atoms with Gasteiger partial charge in [-0.3, -0.25) is 14.9 Å². The smallest absolute Gasteiger partial charge is 0.336 e. The number of benzene rings is 3. The second-order valence-corrected chi connectivity index (χ2v) is 7.21. The summed E-state index contributed by atoms with van der Waals surface area (Å²) in [7, 11) is 1.48. The molecule has 5 rings (SSSR count). The first-order chi connectivity index (χ1) is 16.5. The molecule has 11 heteroatoms. The predicted octanol–water partition coefficient (Wildman–Crippen LogP) is 3.83. The third kappa shape index (κ3) is 3.97. The Morgan fingerprint density at radius 3 is 2.65 bits per heavy atom. The quantitative estimate of drug-likeness (QED) is 0.340. The van der Waals surface area contributed by atoms with E-state index in [-0.39, 0.29) is 24.1 Å². The van der Waals surface area contributed by atoms with Gasteiger partial charge < -0.3 is 19.5 Å². The van der Waals surface area contributed by atoms with Gasteiger partial charge >= 0.3 is 6.01 Å². The minimum atomic E-state index is -0.546. The van der Waals surface area contributed by atoms with Crippen LogP contribution in [0.3, 0.4) is 0 Å². The second-order valence-electron chi connectivity index (χ2n) is 7.21. The molecular weight excluding hydrogens is 442 g/mol. The first-order valence-electron chi connectivity index (χ1n) is 10.1. The molecule has 0 bridgehead atoms. The highest BCUT2D eigenvalue weighted by molar-refractivity contribution is 6.04. The molecule has 2 heterocycles. The number of ether oxygens (including phenoxy) is 3. The number of methoxy groups -OCH3 is 1. The second kappa shape index (κ2) is 8.54. The van der Waals surface area contributed by atoms with Crippen molar-refractivity contribution in [2.75, 3.05) is 19.2 Å². The molecule has 0 spiro atoms. The Morgan fingerprint density at radius 1 is 1.09 bits per heavy atom. The first-order valence-corrected chi connectivity index (χ1v) is 10.1. The van der Waals surface area contributed by atoms with Crippen molar-refractivity contribution in [1.82, 2.24) is 14.8 Å². The van der Waals surface area contributed by atoms with E-state index in [1.165, 1.54) is 31.4 Å². The maximum Gasteiger partial charge on any atom is 0.336 e. The summed E-state index contributed by atoms with van der Waals surface area (Å²) in [5.74, 6) is 1.35. The van der Waals surface area contributed by atoms with Gasteiger partial charge in [0.15, 0.2) is 17.3 Å². The topological polar surface area (TPSA) is 131 Å². The number of aromatic nitrogens is 3. The molecule has 0 saturated heterocycles. The Morgan fingerprint density at radius 2 is 1.88 bits per heavy atom. The number of nitrogens with zero attached hydrogens (tertiary/aromatic N) is 4. The SMILES string of the molecule is COc1nc(-c2ccc3c(c2)OCO3)n(-c2ccc(NC(=O)c3cccc([N+](=O)[O-])c3)cc2)n1. The number of carbonyl (C=O) groups excluding carboxylic acids is 1. The van der Waals surface area contributed by atoms with Crippen LogP contribution in [0.1, 0.15) is 10.4 Å². The predicted molar refractivity (Wildman–Crippen MR) is 121 cm³/mol. The summed E-state index contributed by atoms with van der Waals surface area (Å²) >= 11 is 0. The lowest BCUT2D eigenvalue weighted by molar-refractivity contribution is -0.384. The molecule has 1 aromatic heterocycles. The van der Waals surface area contributed by atoms with E-state index < -0.39 is 10.8 Å². The number of anilines is 1. The number of non-ortho nitro benzene ring substituents is 1. The molecule has 1 amide bonds. The van der Waals surface area contributed by atoms with E-state index in [0.717, 1.165) is 5.56 Å². The standard InChI is InChI=1S/C23H17N5O6/c1-32-23-25-21(14-5-10-19-20(12-14)34-13-33-19)27(26-23)17-8-6-16(7-9-17)24-22(29)15-3-2-4-18(11-15)28(30)31/h2-12H,13H2,1H3,(H,24,29). The normalized spacial score (nSPS) is 11.8. The average Bonchev–Trinajstić information content (AvgIpc) is 3.51. The van der Waals surface area contributed by atoms with Crippen LogP contribution in [-0.2, 0) is 0 Å². The molecule has 4 aromatic rings. The van der Waals surface area contributed by atoms with Crippen LogP contribution in [0.4, 0.5) is 11.4 Å². The van der Waals surface area contributed by atoms with E-state index in [9.17, 15) is 14.9 Å². The molecule has 0 saturated carbocycles. The minimum absolute atomic E-state index is 0.154. The third-order valence-corrected chi connectivity index (χ3v) is 5.09. The molecule has 3 aromatic carbocycles. The maximum absolute atomic E-state index is 12.5. The third-order valence-electron chi connectivity index (χ3n) is 5.09. The van der Waals surface area contributed by atoms with Gasteiger partial charge in [0, 0.05) is 28.9 Å². The monoisotopic (exact) mass is 459 g/mol. The summed E-state index contributed by atoms with van der Waals surface area (Å²) in [4.78, 5) is 27.4. The molecule has 11 nitrogen and oxygen atoms in total. The average molecular weight is 459 g/mol. The van der Waals surface area contributed by atoms with Gasteiger partial charge in [0.05, 0.1) is 17.7 Å². The lowest BCUT2D eigenvalue weighted by atomic mass is 10.1.